The van der Waals surface area contributed by atoms with Gasteiger partial charge in [0.15, 0.2) is 9.84 Å². The Labute approximate surface area is 117 Å². The van der Waals surface area contributed by atoms with E-state index < -0.39 is 9.84 Å². The first-order valence-corrected chi connectivity index (χ1v) is 9.48. The van der Waals surface area contributed by atoms with Crippen LogP contribution in [0.4, 0.5) is 0 Å². The maximum atomic E-state index is 11.5. The lowest BCUT2D eigenvalue weighted by Gasteiger charge is -2.35. The number of nitrogens with one attached hydrogen (secondary N) is 1. The predicted molar refractivity (Wildman–Crippen MR) is 79.1 cm³/mol. The van der Waals surface area contributed by atoms with Gasteiger partial charge in [-0.1, -0.05) is 19.8 Å². The van der Waals surface area contributed by atoms with Crippen molar-refractivity contribution in [3.8, 4) is 0 Å². The molecule has 2 fully saturated rings. The molecule has 0 aromatic rings. The SMILES string of the molecule is CC1CCCCC1NCCN1CCS(=O)(=O)CC1C. The minimum Gasteiger partial charge on any atom is -0.312 e. The predicted octanol–water partition coefficient (Wildman–Crippen LogP) is 1.27. The van der Waals surface area contributed by atoms with E-state index in [4.69, 9.17) is 0 Å². The van der Waals surface area contributed by atoms with Crippen molar-refractivity contribution in [3.05, 3.63) is 0 Å². The van der Waals surface area contributed by atoms with Gasteiger partial charge in [-0.15, -0.1) is 0 Å². The van der Waals surface area contributed by atoms with Gasteiger partial charge in [-0.2, -0.15) is 0 Å². The van der Waals surface area contributed by atoms with E-state index in [1.165, 1.54) is 25.7 Å². The van der Waals surface area contributed by atoms with Crippen molar-refractivity contribution in [1.82, 2.24) is 10.2 Å². The van der Waals surface area contributed by atoms with Crippen LogP contribution in [0, 0.1) is 5.92 Å². The van der Waals surface area contributed by atoms with E-state index >= 15 is 0 Å². The number of rotatable bonds is 4. The van der Waals surface area contributed by atoms with Crippen LogP contribution in [0.1, 0.15) is 39.5 Å². The van der Waals surface area contributed by atoms with Crippen molar-refractivity contribution in [2.75, 3.05) is 31.1 Å². The quantitative estimate of drug-likeness (QED) is 0.846. The van der Waals surface area contributed by atoms with E-state index in [0.717, 1.165) is 19.0 Å². The first-order valence-electron chi connectivity index (χ1n) is 7.66. The molecule has 4 nitrogen and oxygen atoms in total. The third kappa shape index (κ3) is 4.43. The highest BCUT2D eigenvalue weighted by atomic mass is 32.2. The van der Waals surface area contributed by atoms with Gasteiger partial charge in [0, 0.05) is 31.7 Å². The molecule has 2 rings (SSSR count). The lowest BCUT2D eigenvalue weighted by atomic mass is 9.86. The van der Waals surface area contributed by atoms with Crippen LogP contribution in [0.3, 0.4) is 0 Å². The Morgan fingerprint density at radius 1 is 1.21 bits per heavy atom. The fraction of sp³-hybridized carbons (Fsp3) is 1.00. The molecule has 1 N–H and O–H groups in total. The maximum absolute atomic E-state index is 11.5. The van der Waals surface area contributed by atoms with Crippen LogP contribution in [0.25, 0.3) is 0 Å². The number of nitrogens with zero attached hydrogens (tertiary/aromatic N) is 1. The molecule has 19 heavy (non-hydrogen) atoms. The average Bonchev–Trinajstić information content (AvgIpc) is 2.33. The van der Waals surface area contributed by atoms with Crippen LogP contribution in [-0.4, -0.2) is 56.5 Å². The Balaban J connectivity index is 1.71. The summed E-state index contributed by atoms with van der Waals surface area (Å²) in [5.74, 6) is 1.44. The van der Waals surface area contributed by atoms with Crippen molar-refractivity contribution in [2.45, 2.75) is 51.6 Å². The molecule has 1 saturated carbocycles. The third-order valence-corrected chi connectivity index (χ3v) is 6.52. The summed E-state index contributed by atoms with van der Waals surface area (Å²) in [7, 11) is -2.78. The molecular formula is C14H28N2O2S. The van der Waals surface area contributed by atoms with Gasteiger partial charge in [0.2, 0.25) is 0 Å². The molecule has 0 aromatic carbocycles. The fourth-order valence-electron chi connectivity index (χ4n) is 3.38. The number of hydrogen-bond acceptors (Lipinski definition) is 4. The second-order valence-corrected chi connectivity index (χ2v) is 8.55. The zero-order valence-corrected chi connectivity index (χ0v) is 13.1. The second kappa shape index (κ2) is 6.55. The molecule has 5 heteroatoms. The van der Waals surface area contributed by atoms with Crippen molar-refractivity contribution >= 4 is 9.84 Å². The molecule has 3 atom stereocenters. The molecule has 0 radical (unpaired) electrons. The van der Waals surface area contributed by atoms with E-state index in [1.54, 1.807) is 0 Å². The molecule has 0 spiro atoms. The lowest BCUT2D eigenvalue weighted by Crippen LogP contribution is -2.50. The Hall–Kier alpha value is -0.130. The van der Waals surface area contributed by atoms with Crippen molar-refractivity contribution in [3.63, 3.8) is 0 Å². The maximum Gasteiger partial charge on any atom is 0.153 e. The van der Waals surface area contributed by atoms with Crippen LogP contribution in [0.5, 0.6) is 0 Å². The number of sulfone groups is 1. The van der Waals surface area contributed by atoms with Gasteiger partial charge >= 0.3 is 0 Å². The van der Waals surface area contributed by atoms with Crippen molar-refractivity contribution in [2.24, 2.45) is 5.92 Å². The second-order valence-electron chi connectivity index (χ2n) is 6.32. The fourth-order valence-corrected chi connectivity index (χ4v) is 5.00. The van der Waals surface area contributed by atoms with E-state index in [2.05, 4.69) is 17.1 Å². The highest BCUT2D eigenvalue weighted by Gasteiger charge is 2.28. The van der Waals surface area contributed by atoms with E-state index in [-0.39, 0.29) is 6.04 Å². The van der Waals surface area contributed by atoms with Crippen LogP contribution in [-0.2, 0) is 9.84 Å². The lowest BCUT2D eigenvalue weighted by molar-refractivity contribution is 0.211. The normalized spacial score (nSPS) is 36.2. The van der Waals surface area contributed by atoms with Gasteiger partial charge < -0.3 is 5.32 Å². The Kier molecular flexibility index (Phi) is 5.26. The van der Waals surface area contributed by atoms with Gasteiger partial charge in [0.1, 0.15) is 0 Å². The first kappa shape index (κ1) is 15.3. The summed E-state index contributed by atoms with van der Waals surface area (Å²) in [6.45, 7) is 7.03. The molecule has 1 saturated heterocycles. The molecule has 1 aliphatic heterocycles. The first-order chi connectivity index (χ1) is 8.98. The molecule has 0 amide bonds. The molecule has 1 aliphatic carbocycles. The summed E-state index contributed by atoms with van der Waals surface area (Å²) < 4.78 is 23.1. The van der Waals surface area contributed by atoms with Crippen molar-refractivity contribution < 1.29 is 8.42 Å². The Morgan fingerprint density at radius 3 is 2.63 bits per heavy atom. The minimum absolute atomic E-state index is 0.171. The highest BCUT2D eigenvalue weighted by Crippen LogP contribution is 2.23. The largest absolute Gasteiger partial charge is 0.312 e. The third-order valence-electron chi connectivity index (χ3n) is 4.73. The number of hydrogen-bond donors (Lipinski definition) is 1. The van der Waals surface area contributed by atoms with E-state index in [9.17, 15) is 8.42 Å². The van der Waals surface area contributed by atoms with Crippen LogP contribution in [0.15, 0.2) is 0 Å². The molecule has 2 aliphatic rings. The molecule has 1 heterocycles. The highest BCUT2D eigenvalue weighted by molar-refractivity contribution is 7.91. The van der Waals surface area contributed by atoms with E-state index in [1.807, 2.05) is 6.92 Å². The topological polar surface area (TPSA) is 49.4 Å². The Morgan fingerprint density at radius 2 is 1.95 bits per heavy atom. The summed E-state index contributed by atoms with van der Waals surface area (Å²) in [5.41, 5.74) is 0. The van der Waals surface area contributed by atoms with Crippen molar-refractivity contribution in [1.29, 1.82) is 0 Å². The summed E-state index contributed by atoms with van der Waals surface area (Å²) in [4.78, 5) is 2.31. The van der Waals surface area contributed by atoms with Gasteiger partial charge in [0.05, 0.1) is 11.5 Å². The van der Waals surface area contributed by atoms with Gasteiger partial charge in [-0.3, -0.25) is 4.90 Å². The molecule has 3 unspecified atom stereocenters. The van der Waals surface area contributed by atoms with Gasteiger partial charge in [0.25, 0.3) is 0 Å². The van der Waals surface area contributed by atoms with Gasteiger partial charge in [-0.05, 0) is 25.7 Å². The van der Waals surface area contributed by atoms with Gasteiger partial charge in [-0.25, -0.2) is 8.42 Å². The Bertz CT molecular complexity index is 383. The van der Waals surface area contributed by atoms with E-state index in [0.29, 0.717) is 24.1 Å². The van der Waals surface area contributed by atoms with Crippen LogP contribution >= 0.6 is 0 Å². The standard InChI is InChI=1S/C14H28N2O2S/c1-12-5-3-4-6-14(12)15-7-8-16-9-10-19(17,18)11-13(16)2/h12-15H,3-11H2,1-2H3. The smallest absolute Gasteiger partial charge is 0.153 e. The molecule has 0 aromatic heterocycles. The summed E-state index contributed by atoms with van der Waals surface area (Å²) in [6.07, 6.45) is 5.36. The average molecular weight is 288 g/mol. The van der Waals surface area contributed by atoms with Crippen LogP contribution < -0.4 is 5.32 Å². The zero-order valence-electron chi connectivity index (χ0n) is 12.3. The summed E-state index contributed by atoms with van der Waals surface area (Å²) in [6, 6.07) is 0.835. The monoisotopic (exact) mass is 288 g/mol. The van der Waals surface area contributed by atoms with Crippen LogP contribution in [0.2, 0.25) is 0 Å². The molecular weight excluding hydrogens is 260 g/mol. The minimum atomic E-state index is -2.78. The molecule has 112 valence electrons. The molecule has 0 bridgehead atoms. The zero-order chi connectivity index (χ0) is 13.9. The summed E-state index contributed by atoms with van der Waals surface area (Å²) in [5, 5.41) is 3.67. The summed E-state index contributed by atoms with van der Waals surface area (Å²) >= 11 is 0.